The van der Waals surface area contributed by atoms with Crippen LogP contribution in [0.3, 0.4) is 0 Å². The van der Waals surface area contributed by atoms with Crippen molar-refractivity contribution < 1.29 is 23.8 Å². The van der Waals surface area contributed by atoms with Gasteiger partial charge in [-0.25, -0.2) is 4.79 Å². The Bertz CT molecular complexity index is 759. The Kier molecular flexibility index (Phi) is 4.88. The van der Waals surface area contributed by atoms with Gasteiger partial charge in [0.05, 0.1) is 0 Å². The summed E-state index contributed by atoms with van der Waals surface area (Å²) >= 11 is 0. The molecule has 0 aromatic heterocycles. The minimum absolute atomic E-state index is 0.0352. The van der Waals surface area contributed by atoms with Gasteiger partial charge < -0.3 is 19.1 Å². The van der Waals surface area contributed by atoms with Gasteiger partial charge in [0, 0.05) is 19.7 Å². The third kappa shape index (κ3) is 3.74. The molecule has 0 saturated carbocycles. The van der Waals surface area contributed by atoms with Crippen LogP contribution in [0.4, 0.5) is 0 Å². The molecule has 2 aromatic carbocycles. The summed E-state index contributed by atoms with van der Waals surface area (Å²) in [6.45, 7) is 0.0352. The van der Waals surface area contributed by atoms with Crippen molar-refractivity contribution in [3.05, 3.63) is 60.2 Å². The lowest BCUT2D eigenvalue weighted by Gasteiger charge is -2.27. The molecule has 3 rings (SSSR count). The molecule has 0 fully saturated rings. The SMILES string of the molecule is CN(C)C(=O)[C@@H](OC(=O)[C@H]1COc2ccccc2O1)c1ccccc1. The number of carbonyl (C=O) groups is 2. The van der Waals surface area contributed by atoms with Crippen molar-refractivity contribution in [2.24, 2.45) is 0 Å². The van der Waals surface area contributed by atoms with E-state index in [2.05, 4.69) is 0 Å². The number of hydrogen-bond donors (Lipinski definition) is 0. The van der Waals surface area contributed by atoms with E-state index in [1.165, 1.54) is 4.90 Å². The maximum absolute atomic E-state index is 12.5. The first kappa shape index (κ1) is 16.8. The van der Waals surface area contributed by atoms with Gasteiger partial charge in [-0.2, -0.15) is 0 Å². The van der Waals surface area contributed by atoms with Gasteiger partial charge >= 0.3 is 5.97 Å². The summed E-state index contributed by atoms with van der Waals surface area (Å²) in [6.07, 6.45) is -1.94. The number of esters is 1. The zero-order valence-corrected chi connectivity index (χ0v) is 14.0. The minimum Gasteiger partial charge on any atom is -0.485 e. The molecular weight excluding hydrogens is 322 g/mol. The predicted octanol–water partition coefficient (Wildman–Crippen LogP) is 2.20. The van der Waals surface area contributed by atoms with Crippen molar-refractivity contribution in [3.63, 3.8) is 0 Å². The normalized spacial score (nSPS) is 16.6. The fraction of sp³-hybridized carbons (Fsp3) is 0.263. The van der Waals surface area contributed by atoms with E-state index in [4.69, 9.17) is 14.2 Å². The molecule has 25 heavy (non-hydrogen) atoms. The lowest BCUT2D eigenvalue weighted by molar-refractivity contribution is -0.167. The van der Waals surface area contributed by atoms with Gasteiger partial charge in [0.25, 0.3) is 5.91 Å². The lowest BCUT2D eigenvalue weighted by Crippen LogP contribution is -2.40. The molecule has 6 heteroatoms. The van der Waals surface area contributed by atoms with Crippen LogP contribution in [0.15, 0.2) is 54.6 Å². The van der Waals surface area contributed by atoms with Crippen LogP contribution < -0.4 is 9.47 Å². The van der Waals surface area contributed by atoms with Crippen molar-refractivity contribution in [1.29, 1.82) is 0 Å². The smallest absolute Gasteiger partial charge is 0.352 e. The Morgan fingerprint density at radius 3 is 2.36 bits per heavy atom. The van der Waals surface area contributed by atoms with Gasteiger partial charge in [0.15, 0.2) is 11.5 Å². The fourth-order valence-electron chi connectivity index (χ4n) is 2.45. The van der Waals surface area contributed by atoms with E-state index in [0.717, 1.165) is 0 Å². The Morgan fingerprint density at radius 2 is 1.68 bits per heavy atom. The molecular formula is C19H19NO5. The van der Waals surface area contributed by atoms with E-state index in [9.17, 15) is 9.59 Å². The van der Waals surface area contributed by atoms with Crippen molar-refractivity contribution in [1.82, 2.24) is 4.90 Å². The molecule has 130 valence electrons. The maximum atomic E-state index is 12.5. The molecule has 2 aromatic rings. The van der Waals surface area contributed by atoms with Gasteiger partial charge in [-0.15, -0.1) is 0 Å². The number of para-hydroxylation sites is 2. The van der Waals surface area contributed by atoms with Crippen LogP contribution >= 0.6 is 0 Å². The number of fused-ring (bicyclic) bond motifs is 1. The highest BCUT2D eigenvalue weighted by atomic mass is 16.6. The van der Waals surface area contributed by atoms with Crippen LogP contribution in [0.2, 0.25) is 0 Å². The number of nitrogens with zero attached hydrogens (tertiary/aromatic N) is 1. The minimum atomic E-state index is -1.02. The largest absolute Gasteiger partial charge is 0.485 e. The molecule has 6 nitrogen and oxygen atoms in total. The second-order valence-electron chi connectivity index (χ2n) is 5.82. The zero-order valence-electron chi connectivity index (χ0n) is 14.0. The average Bonchev–Trinajstić information content (AvgIpc) is 2.65. The standard InChI is InChI=1S/C19H19NO5/c1-20(2)18(21)17(13-8-4-3-5-9-13)25-19(22)16-12-23-14-10-6-7-11-15(14)24-16/h3-11,16-17H,12H2,1-2H3/t16-,17+/m1/s1. The summed E-state index contributed by atoms with van der Waals surface area (Å²) in [7, 11) is 3.23. The fourth-order valence-corrected chi connectivity index (χ4v) is 2.45. The van der Waals surface area contributed by atoms with Crippen LogP contribution in [0.25, 0.3) is 0 Å². The number of benzene rings is 2. The summed E-state index contributed by atoms with van der Waals surface area (Å²) in [4.78, 5) is 26.3. The number of ether oxygens (including phenoxy) is 3. The number of carbonyl (C=O) groups excluding carboxylic acids is 2. The molecule has 2 atom stereocenters. The Morgan fingerprint density at radius 1 is 1.04 bits per heavy atom. The molecule has 0 aliphatic carbocycles. The molecule has 0 spiro atoms. The molecule has 0 saturated heterocycles. The second kappa shape index (κ2) is 7.25. The second-order valence-corrected chi connectivity index (χ2v) is 5.82. The molecule has 0 N–H and O–H groups in total. The molecule has 0 radical (unpaired) electrons. The Balaban J connectivity index is 1.76. The van der Waals surface area contributed by atoms with E-state index in [0.29, 0.717) is 17.1 Å². The number of amides is 1. The van der Waals surface area contributed by atoms with Crippen LogP contribution in [0.1, 0.15) is 11.7 Å². The van der Waals surface area contributed by atoms with E-state index in [1.807, 2.05) is 12.1 Å². The first-order valence-electron chi connectivity index (χ1n) is 7.91. The predicted molar refractivity (Wildman–Crippen MR) is 90.3 cm³/mol. The highest BCUT2D eigenvalue weighted by molar-refractivity contribution is 5.86. The molecule has 1 heterocycles. The van der Waals surface area contributed by atoms with E-state index >= 15 is 0 Å². The molecule has 1 aliphatic heterocycles. The first-order chi connectivity index (χ1) is 12.1. The highest BCUT2D eigenvalue weighted by Gasteiger charge is 2.33. The lowest BCUT2D eigenvalue weighted by atomic mass is 10.1. The summed E-state index contributed by atoms with van der Waals surface area (Å²) in [5, 5.41) is 0. The Labute approximate surface area is 145 Å². The zero-order chi connectivity index (χ0) is 17.8. The van der Waals surface area contributed by atoms with Crippen molar-refractivity contribution in [2.45, 2.75) is 12.2 Å². The molecule has 0 unspecified atom stereocenters. The average molecular weight is 341 g/mol. The van der Waals surface area contributed by atoms with Crippen LogP contribution in [-0.4, -0.2) is 43.6 Å². The molecule has 1 aliphatic rings. The first-order valence-corrected chi connectivity index (χ1v) is 7.91. The van der Waals surface area contributed by atoms with Gasteiger partial charge in [-0.05, 0) is 12.1 Å². The van der Waals surface area contributed by atoms with E-state index in [-0.39, 0.29) is 12.5 Å². The number of likely N-dealkylation sites (N-methyl/N-ethyl adjacent to an activating group) is 1. The van der Waals surface area contributed by atoms with Crippen molar-refractivity contribution >= 4 is 11.9 Å². The van der Waals surface area contributed by atoms with Gasteiger partial charge in [0.1, 0.15) is 6.61 Å². The van der Waals surface area contributed by atoms with Crippen LogP contribution in [-0.2, 0) is 14.3 Å². The molecule has 1 amide bonds. The summed E-state index contributed by atoms with van der Waals surface area (Å²) < 4.78 is 16.7. The molecule has 0 bridgehead atoms. The third-order valence-electron chi connectivity index (χ3n) is 3.77. The number of hydrogen-bond acceptors (Lipinski definition) is 5. The van der Waals surface area contributed by atoms with Crippen molar-refractivity contribution in [2.75, 3.05) is 20.7 Å². The van der Waals surface area contributed by atoms with Gasteiger partial charge in [-0.1, -0.05) is 42.5 Å². The highest BCUT2D eigenvalue weighted by Crippen LogP contribution is 2.31. The third-order valence-corrected chi connectivity index (χ3v) is 3.77. The van der Waals surface area contributed by atoms with Gasteiger partial charge in [-0.3, -0.25) is 4.79 Å². The van der Waals surface area contributed by atoms with Crippen LogP contribution in [0, 0.1) is 0 Å². The van der Waals surface area contributed by atoms with E-state index in [1.54, 1.807) is 56.6 Å². The topological polar surface area (TPSA) is 65.1 Å². The quantitative estimate of drug-likeness (QED) is 0.798. The van der Waals surface area contributed by atoms with Crippen LogP contribution in [0.5, 0.6) is 11.5 Å². The Hall–Kier alpha value is -3.02. The van der Waals surface area contributed by atoms with Crippen molar-refractivity contribution in [3.8, 4) is 11.5 Å². The summed E-state index contributed by atoms with van der Waals surface area (Å²) in [5.41, 5.74) is 0.603. The monoisotopic (exact) mass is 341 g/mol. The summed E-state index contributed by atoms with van der Waals surface area (Å²) in [5.74, 6) is 0.0941. The van der Waals surface area contributed by atoms with Gasteiger partial charge in [0.2, 0.25) is 12.2 Å². The number of rotatable bonds is 4. The maximum Gasteiger partial charge on any atom is 0.352 e. The van der Waals surface area contributed by atoms with E-state index < -0.39 is 18.2 Å². The summed E-state index contributed by atoms with van der Waals surface area (Å²) in [6, 6.07) is 16.0.